The normalized spacial score (nSPS) is 37.0. The van der Waals surface area contributed by atoms with Crippen LogP contribution in [-0.2, 0) is 10.2 Å². The van der Waals surface area contributed by atoms with E-state index in [-0.39, 0.29) is 5.41 Å². The van der Waals surface area contributed by atoms with Crippen LogP contribution in [0.25, 0.3) is 0 Å². The van der Waals surface area contributed by atoms with Crippen LogP contribution in [0.1, 0.15) is 25.3 Å². The lowest BCUT2D eigenvalue weighted by atomic mass is 9.62. The number of nitrogens with zero attached hydrogens (tertiary/aromatic N) is 1. The summed E-state index contributed by atoms with van der Waals surface area (Å²) >= 11 is 0. The van der Waals surface area contributed by atoms with Crippen LogP contribution in [0.2, 0.25) is 0 Å². The Hall–Kier alpha value is -1.87. The molecule has 5 rings (SSSR count). The number of nitrogens with one attached hydrogen (secondary N) is 1. The predicted molar refractivity (Wildman–Crippen MR) is 86.7 cm³/mol. The molecule has 3 heteroatoms. The number of piperidine rings is 1. The molecular weight excluding hydrogens is 272 g/mol. The molecule has 2 saturated heterocycles. The molecule has 0 amide bonds. The average molecular weight is 292 g/mol. The molecule has 1 aromatic carbocycles. The van der Waals surface area contributed by atoms with Gasteiger partial charge in [-0.3, -0.25) is 9.69 Å². The molecule has 3 heterocycles. The number of rotatable bonds is 1. The van der Waals surface area contributed by atoms with E-state index in [4.69, 9.17) is 0 Å². The van der Waals surface area contributed by atoms with E-state index < -0.39 is 0 Å². The number of hydrogen-bond donors (Lipinski definition) is 1. The van der Waals surface area contributed by atoms with E-state index in [2.05, 4.69) is 47.5 Å². The SMILES string of the molecule is C/C=C1/CN2CC[C@]34C(=C(C=O)[C@@H]1C[C@@H]23)Nc1ccccc14. The second kappa shape index (κ2) is 4.11. The van der Waals surface area contributed by atoms with Crippen molar-refractivity contribution in [2.75, 3.05) is 18.4 Å². The first-order chi connectivity index (χ1) is 10.8. The second-order valence-corrected chi connectivity index (χ2v) is 6.98. The summed E-state index contributed by atoms with van der Waals surface area (Å²) in [6.07, 6.45) is 5.55. The fourth-order valence-corrected chi connectivity index (χ4v) is 5.44. The highest BCUT2D eigenvalue weighted by Gasteiger charge is 2.60. The highest BCUT2D eigenvalue weighted by molar-refractivity contribution is 5.84. The van der Waals surface area contributed by atoms with E-state index in [1.165, 1.54) is 22.5 Å². The summed E-state index contributed by atoms with van der Waals surface area (Å²) in [5.41, 5.74) is 6.25. The standard InChI is InChI=1S/C19H20N2O/c1-2-12-10-21-8-7-19-15-5-3-4-6-16(15)20-18(19)14(11-22)13(12)9-17(19)21/h2-6,11,13,17,20H,7-10H2,1H3/b12-2-/t13-,17-,19-/m1/s1. The zero-order valence-corrected chi connectivity index (χ0v) is 12.8. The van der Waals surface area contributed by atoms with Gasteiger partial charge in [0.15, 0.2) is 0 Å². The number of para-hydroxylation sites is 1. The summed E-state index contributed by atoms with van der Waals surface area (Å²) in [5.74, 6) is 0.312. The van der Waals surface area contributed by atoms with Crippen molar-refractivity contribution in [2.24, 2.45) is 5.92 Å². The third kappa shape index (κ3) is 1.25. The number of carbonyl (C=O) groups excluding carboxylic acids is 1. The lowest BCUT2D eigenvalue weighted by Crippen LogP contribution is -2.52. The van der Waals surface area contributed by atoms with Crippen molar-refractivity contribution in [2.45, 2.75) is 31.2 Å². The lowest BCUT2D eigenvalue weighted by Gasteiger charge is -2.48. The van der Waals surface area contributed by atoms with Crippen molar-refractivity contribution in [1.29, 1.82) is 0 Å². The summed E-state index contributed by atoms with van der Waals surface area (Å²) in [5, 5.41) is 3.62. The quantitative estimate of drug-likeness (QED) is 0.638. The zero-order chi connectivity index (χ0) is 14.9. The smallest absolute Gasteiger partial charge is 0.148 e. The summed E-state index contributed by atoms with van der Waals surface area (Å²) < 4.78 is 0. The first-order valence-corrected chi connectivity index (χ1v) is 8.25. The van der Waals surface area contributed by atoms with Gasteiger partial charge in [-0.1, -0.05) is 29.8 Å². The average Bonchev–Trinajstić information content (AvgIpc) is 3.11. The zero-order valence-electron chi connectivity index (χ0n) is 12.8. The highest BCUT2D eigenvalue weighted by Crippen LogP contribution is 2.60. The molecule has 3 nitrogen and oxygen atoms in total. The van der Waals surface area contributed by atoms with Crippen LogP contribution < -0.4 is 5.32 Å². The maximum atomic E-state index is 11.9. The molecule has 0 radical (unpaired) electrons. The Bertz CT molecular complexity index is 748. The maximum absolute atomic E-state index is 11.9. The van der Waals surface area contributed by atoms with Crippen LogP contribution in [0.4, 0.5) is 5.69 Å². The minimum absolute atomic E-state index is 0.0304. The van der Waals surface area contributed by atoms with Crippen LogP contribution in [0.15, 0.2) is 47.2 Å². The van der Waals surface area contributed by atoms with E-state index in [0.29, 0.717) is 12.0 Å². The second-order valence-electron chi connectivity index (χ2n) is 6.98. The Morgan fingerprint density at radius 3 is 3.05 bits per heavy atom. The lowest BCUT2D eigenvalue weighted by molar-refractivity contribution is -0.105. The largest absolute Gasteiger partial charge is 0.358 e. The predicted octanol–water partition coefficient (Wildman–Crippen LogP) is 2.86. The molecule has 1 aliphatic carbocycles. The fourth-order valence-electron chi connectivity index (χ4n) is 5.44. The third-order valence-corrected chi connectivity index (χ3v) is 6.37. The molecule has 1 spiro atoms. The van der Waals surface area contributed by atoms with Gasteiger partial charge in [0.05, 0.1) is 5.41 Å². The Labute approximate surface area is 130 Å². The molecule has 2 bridgehead atoms. The monoisotopic (exact) mass is 292 g/mol. The van der Waals surface area contributed by atoms with Crippen LogP contribution in [0.3, 0.4) is 0 Å². The summed E-state index contributed by atoms with van der Waals surface area (Å²) in [6.45, 7) is 4.26. The Kier molecular flexibility index (Phi) is 2.36. The Morgan fingerprint density at radius 1 is 1.36 bits per heavy atom. The first kappa shape index (κ1) is 12.7. The van der Waals surface area contributed by atoms with Crippen molar-refractivity contribution in [3.63, 3.8) is 0 Å². The van der Waals surface area contributed by atoms with Gasteiger partial charge in [0, 0.05) is 42.0 Å². The number of aldehydes is 1. The molecule has 0 unspecified atom stereocenters. The van der Waals surface area contributed by atoms with Gasteiger partial charge in [-0.2, -0.15) is 0 Å². The van der Waals surface area contributed by atoms with Gasteiger partial charge in [0.1, 0.15) is 6.29 Å². The number of benzene rings is 1. The van der Waals surface area contributed by atoms with E-state index in [9.17, 15) is 4.79 Å². The molecule has 0 aromatic heterocycles. The van der Waals surface area contributed by atoms with E-state index in [0.717, 1.165) is 37.8 Å². The number of allylic oxidation sites excluding steroid dienone is 2. The van der Waals surface area contributed by atoms with Crippen molar-refractivity contribution < 1.29 is 4.79 Å². The van der Waals surface area contributed by atoms with Crippen molar-refractivity contribution in [3.05, 3.63) is 52.7 Å². The maximum Gasteiger partial charge on any atom is 0.148 e. The molecule has 1 aromatic rings. The van der Waals surface area contributed by atoms with E-state index in [1.807, 2.05) is 0 Å². The van der Waals surface area contributed by atoms with Crippen LogP contribution in [0.5, 0.6) is 0 Å². The minimum atomic E-state index is 0.0304. The number of fused-ring (bicyclic) bond motifs is 2. The molecule has 0 saturated carbocycles. The van der Waals surface area contributed by atoms with Crippen LogP contribution in [0, 0.1) is 5.92 Å². The molecule has 1 N–H and O–H groups in total. The van der Waals surface area contributed by atoms with Gasteiger partial charge in [0.2, 0.25) is 0 Å². The van der Waals surface area contributed by atoms with E-state index >= 15 is 0 Å². The minimum Gasteiger partial charge on any atom is -0.358 e. The number of anilines is 1. The van der Waals surface area contributed by atoms with E-state index in [1.54, 1.807) is 0 Å². The Morgan fingerprint density at radius 2 is 2.23 bits per heavy atom. The summed E-state index contributed by atoms with van der Waals surface area (Å²) in [4.78, 5) is 14.6. The Balaban J connectivity index is 1.83. The molecular formula is C19H20N2O. The molecule has 4 aliphatic rings. The van der Waals surface area contributed by atoms with Crippen molar-refractivity contribution in [1.82, 2.24) is 4.90 Å². The van der Waals surface area contributed by atoms with Crippen LogP contribution in [-0.4, -0.2) is 30.3 Å². The molecule has 3 atom stereocenters. The summed E-state index contributed by atoms with van der Waals surface area (Å²) in [6, 6.07) is 9.16. The van der Waals surface area contributed by atoms with Gasteiger partial charge in [0.25, 0.3) is 0 Å². The number of hydrogen-bond acceptors (Lipinski definition) is 3. The molecule has 3 aliphatic heterocycles. The highest BCUT2D eigenvalue weighted by atomic mass is 16.1. The van der Waals surface area contributed by atoms with Gasteiger partial charge < -0.3 is 5.32 Å². The molecule has 2 fully saturated rings. The molecule has 22 heavy (non-hydrogen) atoms. The fraction of sp³-hybridized carbons (Fsp3) is 0.421. The van der Waals surface area contributed by atoms with Gasteiger partial charge in [-0.25, -0.2) is 0 Å². The third-order valence-electron chi connectivity index (χ3n) is 6.37. The number of carbonyl (C=O) groups is 1. The van der Waals surface area contributed by atoms with Crippen molar-refractivity contribution in [3.8, 4) is 0 Å². The topological polar surface area (TPSA) is 32.3 Å². The molecule has 112 valence electrons. The van der Waals surface area contributed by atoms with Gasteiger partial charge >= 0.3 is 0 Å². The van der Waals surface area contributed by atoms with Crippen molar-refractivity contribution >= 4 is 12.0 Å². The van der Waals surface area contributed by atoms with Gasteiger partial charge in [-0.05, 0) is 31.4 Å². The van der Waals surface area contributed by atoms with Gasteiger partial charge in [-0.15, -0.1) is 0 Å². The summed E-state index contributed by atoms with van der Waals surface area (Å²) in [7, 11) is 0. The van der Waals surface area contributed by atoms with Crippen LogP contribution >= 0.6 is 0 Å². The first-order valence-electron chi connectivity index (χ1n) is 8.25.